The molecule has 0 spiro atoms. The molecule has 4 heteroatoms. The van der Waals surface area contributed by atoms with Gasteiger partial charge < -0.3 is 14.8 Å². The Hall–Kier alpha value is -2.49. The zero-order valence-corrected chi connectivity index (χ0v) is 12.5. The highest BCUT2D eigenvalue weighted by Gasteiger charge is 2.30. The second-order valence-electron chi connectivity index (χ2n) is 5.21. The molecule has 1 aliphatic rings. The van der Waals surface area contributed by atoms with Gasteiger partial charge in [-0.1, -0.05) is 48.5 Å². The first-order valence-corrected chi connectivity index (χ1v) is 7.51. The lowest BCUT2D eigenvalue weighted by atomic mass is 9.93. The van der Waals surface area contributed by atoms with Gasteiger partial charge in [0, 0.05) is 12.0 Å². The number of ether oxygens (including phenoxy) is 2. The number of nitrogens with one attached hydrogen (secondary N) is 1. The molecule has 0 radical (unpaired) electrons. The Kier molecular flexibility index (Phi) is 4.28. The monoisotopic (exact) mass is 297 g/mol. The van der Waals surface area contributed by atoms with E-state index in [2.05, 4.69) is 5.32 Å². The molecule has 0 bridgehead atoms. The fourth-order valence-corrected chi connectivity index (χ4v) is 2.74. The summed E-state index contributed by atoms with van der Waals surface area (Å²) in [5.41, 5.74) is 2.09. The summed E-state index contributed by atoms with van der Waals surface area (Å²) < 4.78 is 11.1. The van der Waals surface area contributed by atoms with E-state index in [-0.39, 0.29) is 12.1 Å². The molecule has 4 nitrogen and oxygen atoms in total. The van der Waals surface area contributed by atoms with Gasteiger partial charge in [-0.25, -0.2) is 4.79 Å². The normalized spacial score (nSPS) is 19.7. The molecule has 2 aromatic carbocycles. The molecule has 0 saturated carbocycles. The van der Waals surface area contributed by atoms with Crippen molar-refractivity contribution in [3.8, 4) is 5.75 Å². The number of amides is 1. The van der Waals surface area contributed by atoms with Crippen molar-refractivity contribution in [3.05, 3.63) is 65.7 Å². The Morgan fingerprint density at radius 1 is 1.18 bits per heavy atom. The lowest BCUT2D eigenvalue weighted by Crippen LogP contribution is -2.33. The van der Waals surface area contributed by atoms with Crippen LogP contribution in [0.2, 0.25) is 0 Å². The van der Waals surface area contributed by atoms with Gasteiger partial charge in [0.15, 0.2) is 0 Å². The number of para-hydroxylation sites is 1. The molecule has 1 N–H and O–H groups in total. The van der Waals surface area contributed by atoms with Crippen LogP contribution < -0.4 is 10.1 Å². The van der Waals surface area contributed by atoms with Gasteiger partial charge in [-0.2, -0.15) is 0 Å². The summed E-state index contributed by atoms with van der Waals surface area (Å²) in [6.45, 7) is 2.16. The Bertz CT molecular complexity index is 642. The van der Waals surface area contributed by atoms with E-state index >= 15 is 0 Å². The van der Waals surface area contributed by atoms with E-state index in [9.17, 15) is 4.79 Å². The lowest BCUT2D eigenvalue weighted by Gasteiger charge is -2.32. The van der Waals surface area contributed by atoms with Crippen LogP contribution in [-0.4, -0.2) is 12.7 Å². The van der Waals surface area contributed by atoms with Gasteiger partial charge in [-0.05, 0) is 18.6 Å². The quantitative estimate of drug-likeness (QED) is 0.931. The summed E-state index contributed by atoms with van der Waals surface area (Å²) >= 11 is 0. The van der Waals surface area contributed by atoms with E-state index in [1.54, 1.807) is 6.92 Å². The molecule has 1 heterocycles. The minimum atomic E-state index is -0.393. The SMILES string of the molecule is CCOC(=O)N[C@@H]1C[C@H](c2ccccc2)Oc2ccccc21. The van der Waals surface area contributed by atoms with E-state index in [1.165, 1.54) is 0 Å². The molecular weight excluding hydrogens is 278 g/mol. The smallest absolute Gasteiger partial charge is 0.407 e. The van der Waals surface area contributed by atoms with Crippen molar-refractivity contribution in [2.24, 2.45) is 0 Å². The first-order valence-electron chi connectivity index (χ1n) is 7.51. The summed E-state index contributed by atoms with van der Waals surface area (Å²) in [5, 5.41) is 2.93. The topological polar surface area (TPSA) is 47.6 Å². The number of hydrogen-bond acceptors (Lipinski definition) is 3. The van der Waals surface area contributed by atoms with Gasteiger partial charge in [0.05, 0.1) is 12.6 Å². The molecule has 114 valence electrons. The van der Waals surface area contributed by atoms with E-state index in [0.29, 0.717) is 13.0 Å². The van der Waals surface area contributed by atoms with Gasteiger partial charge in [0.1, 0.15) is 11.9 Å². The number of carbonyl (C=O) groups is 1. The van der Waals surface area contributed by atoms with Crippen LogP contribution in [0, 0.1) is 0 Å². The summed E-state index contributed by atoms with van der Waals surface area (Å²) in [7, 11) is 0. The highest BCUT2D eigenvalue weighted by atomic mass is 16.5. The van der Waals surface area contributed by atoms with Crippen LogP contribution in [0.1, 0.15) is 36.6 Å². The number of rotatable bonds is 3. The summed E-state index contributed by atoms with van der Waals surface area (Å²) in [4.78, 5) is 11.8. The minimum Gasteiger partial charge on any atom is -0.485 e. The van der Waals surface area contributed by atoms with Crippen LogP contribution in [-0.2, 0) is 4.74 Å². The van der Waals surface area contributed by atoms with Crippen LogP contribution in [0.5, 0.6) is 5.75 Å². The van der Waals surface area contributed by atoms with Crippen LogP contribution in [0.3, 0.4) is 0 Å². The molecule has 1 aliphatic heterocycles. The first-order chi connectivity index (χ1) is 10.8. The Morgan fingerprint density at radius 2 is 1.91 bits per heavy atom. The third-order valence-corrected chi connectivity index (χ3v) is 3.75. The number of fused-ring (bicyclic) bond motifs is 1. The largest absolute Gasteiger partial charge is 0.485 e. The standard InChI is InChI=1S/C18H19NO3/c1-2-21-18(20)19-15-12-17(13-8-4-3-5-9-13)22-16-11-7-6-10-14(15)16/h3-11,15,17H,2,12H2,1H3,(H,19,20)/t15-,17-/m1/s1. The Morgan fingerprint density at radius 3 is 2.68 bits per heavy atom. The highest BCUT2D eigenvalue weighted by molar-refractivity contribution is 5.68. The van der Waals surface area contributed by atoms with Gasteiger partial charge in [-0.3, -0.25) is 0 Å². The summed E-state index contributed by atoms with van der Waals surface area (Å²) in [5.74, 6) is 0.810. The molecule has 0 unspecified atom stereocenters. The highest BCUT2D eigenvalue weighted by Crippen LogP contribution is 2.40. The number of carbonyl (C=O) groups excluding carboxylic acids is 1. The average molecular weight is 297 g/mol. The average Bonchev–Trinajstić information content (AvgIpc) is 2.56. The fourth-order valence-electron chi connectivity index (χ4n) is 2.74. The third-order valence-electron chi connectivity index (χ3n) is 3.75. The maximum Gasteiger partial charge on any atom is 0.407 e. The molecule has 2 aromatic rings. The van der Waals surface area contributed by atoms with E-state index in [0.717, 1.165) is 16.9 Å². The predicted molar refractivity (Wildman–Crippen MR) is 83.8 cm³/mol. The van der Waals surface area contributed by atoms with Gasteiger partial charge in [-0.15, -0.1) is 0 Å². The number of alkyl carbamates (subject to hydrolysis) is 1. The van der Waals surface area contributed by atoms with E-state index < -0.39 is 6.09 Å². The summed E-state index contributed by atoms with van der Waals surface area (Å²) in [6.07, 6.45) is 0.207. The van der Waals surface area contributed by atoms with Crippen molar-refractivity contribution in [1.82, 2.24) is 5.32 Å². The van der Waals surface area contributed by atoms with Crippen LogP contribution in [0.4, 0.5) is 4.79 Å². The van der Waals surface area contributed by atoms with Crippen molar-refractivity contribution in [2.75, 3.05) is 6.61 Å². The van der Waals surface area contributed by atoms with Gasteiger partial charge in [0.25, 0.3) is 0 Å². The van der Waals surface area contributed by atoms with E-state index in [4.69, 9.17) is 9.47 Å². The molecule has 2 atom stereocenters. The summed E-state index contributed by atoms with van der Waals surface area (Å²) in [6, 6.07) is 17.7. The van der Waals surface area contributed by atoms with E-state index in [1.807, 2.05) is 54.6 Å². The number of benzene rings is 2. The van der Waals surface area contributed by atoms with Gasteiger partial charge >= 0.3 is 6.09 Å². The zero-order chi connectivity index (χ0) is 15.4. The van der Waals surface area contributed by atoms with Crippen molar-refractivity contribution < 1.29 is 14.3 Å². The van der Waals surface area contributed by atoms with Crippen molar-refractivity contribution >= 4 is 6.09 Å². The number of hydrogen-bond donors (Lipinski definition) is 1. The van der Waals surface area contributed by atoms with Crippen molar-refractivity contribution in [1.29, 1.82) is 0 Å². The maximum atomic E-state index is 11.8. The zero-order valence-electron chi connectivity index (χ0n) is 12.5. The van der Waals surface area contributed by atoms with Crippen molar-refractivity contribution in [2.45, 2.75) is 25.5 Å². The Balaban J connectivity index is 1.86. The second kappa shape index (κ2) is 6.52. The second-order valence-corrected chi connectivity index (χ2v) is 5.21. The molecule has 0 aliphatic carbocycles. The van der Waals surface area contributed by atoms with Crippen LogP contribution in [0.25, 0.3) is 0 Å². The maximum absolute atomic E-state index is 11.8. The lowest BCUT2D eigenvalue weighted by molar-refractivity contribution is 0.127. The molecule has 3 rings (SSSR count). The fraction of sp³-hybridized carbons (Fsp3) is 0.278. The van der Waals surface area contributed by atoms with Crippen LogP contribution >= 0.6 is 0 Å². The molecule has 1 amide bonds. The molecule has 0 fully saturated rings. The van der Waals surface area contributed by atoms with Gasteiger partial charge in [0.2, 0.25) is 0 Å². The molecular formula is C18H19NO3. The predicted octanol–water partition coefficient (Wildman–Crippen LogP) is 4.00. The third kappa shape index (κ3) is 3.06. The minimum absolute atomic E-state index is 0.0805. The molecule has 0 aromatic heterocycles. The molecule has 0 saturated heterocycles. The Labute approximate surface area is 130 Å². The first kappa shape index (κ1) is 14.4. The van der Waals surface area contributed by atoms with Crippen LogP contribution in [0.15, 0.2) is 54.6 Å². The van der Waals surface area contributed by atoms with Crippen molar-refractivity contribution in [3.63, 3.8) is 0 Å². The molecule has 22 heavy (non-hydrogen) atoms.